The van der Waals surface area contributed by atoms with Crippen molar-refractivity contribution in [1.82, 2.24) is 14.5 Å². The Balaban J connectivity index is 2.66. The van der Waals surface area contributed by atoms with E-state index in [1.54, 1.807) is 14.0 Å². The molecule has 0 fully saturated rings. The van der Waals surface area contributed by atoms with Crippen molar-refractivity contribution in [3.63, 3.8) is 0 Å². The van der Waals surface area contributed by atoms with Gasteiger partial charge in [0.15, 0.2) is 11.6 Å². The lowest BCUT2D eigenvalue weighted by Gasteiger charge is -2.22. The number of imidazole rings is 1. The van der Waals surface area contributed by atoms with Crippen molar-refractivity contribution < 1.29 is 13.6 Å². The van der Waals surface area contributed by atoms with Gasteiger partial charge in [-0.15, -0.1) is 11.6 Å². The highest BCUT2D eigenvalue weighted by molar-refractivity contribution is 6.17. The second-order valence-corrected chi connectivity index (χ2v) is 5.06. The van der Waals surface area contributed by atoms with E-state index in [0.717, 1.165) is 6.07 Å². The summed E-state index contributed by atoms with van der Waals surface area (Å²) in [4.78, 5) is 18.0. The summed E-state index contributed by atoms with van der Waals surface area (Å²) in [6.45, 7) is 3.97. The first-order valence-electron chi connectivity index (χ1n) is 6.58. The Labute approximate surface area is 126 Å². The van der Waals surface area contributed by atoms with Crippen LogP contribution in [0, 0.1) is 11.6 Å². The standard InChI is InChI=1S/C14H16ClF2N3O/c1-4-19(3)14(21)8(2)20-11(7-15)18-10-6-5-9(16)12(17)13(10)20/h5-6,8H,4,7H2,1-3H3. The summed E-state index contributed by atoms with van der Waals surface area (Å²) in [6, 6.07) is 1.67. The van der Waals surface area contributed by atoms with Gasteiger partial charge in [-0.25, -0.2) is 13.8 Å². The Morgan fingerprint density at radius 1 is 1.48 bits per heavy atom. The van der Waals surface area contributed by atoms with Gasteiger partial charge >= 0.3 is 0 Å². The number of alkyl halides is 1. The van der Waals surface area contributed by atoms with E-state index in [1.807, 2.05) is 6.92 Å². The van der Waals surface area contributed by atoms with Crippen LogP contribution in [0.4, 0.5) is 8.78 Å². The van der Waals surface area contributed by atoms with Gasteiger partial charge < -0.3 is 9.47 Å². The number of rotatable bonds is 4. The quantitative estimate of drug-likeness (QED) is 0.813. The predicted molar refractivity (Wildman–Crippen MR) is 77.2 cm³/mol. The fraction of sp³-hybridized carbons (Fsp3) is 0.429. The Kier molecular flexibility index (Phi) is 4.46. The van der Waals surface area contributed by atoms with Crippen molar-refractivity contribution in [3.05, 3.63) is 29.6 Å². The molecule has 0 saturated carbocycles. The van der Waals surface area contributed by atoms with Crippen molar-refractivity contribution in [1.29, 1.82) is 0 Å². The number of hydrogen-bond acceptors (Lipinski definition) is 2. The molecule has 1 amide bonds. The molecule has 1 heterocycles. The average molecular weight is 316 g/mol. The first-order valence-corrected chi connectivity index (χ1v) is 7.11. The number of carbonyl (C=O) groups excluding carboxylic acids is 1. The zero-order chi connectivity index (χ0) is 15.7. The topological polar surface area (TPSA) is 38.1 Å². The fourth-order valence-corrected chi connectivity index (χ4v) is 2.46. The molecule has 7 heteroatoms. The van der Waals surface area contributed by atoms with Gasteiger partial charge in [0.05, 0.1) is 11.4 Å². The molecule has 1 unspecified atom stereocenters. The van der Waals surface area contributed by atoms with Gasteiger partial charge in [-0.1, -0.05) is 0 Å². The number of benzene rings is 1. The molecule has 0 spiro atoms. The van der Waals surface area contributed by atoms with Crippen LogP contribution in [0.2, 0.25) is 0 Å². The number of hydrogen-bond donors (Lipinski definition) is 0. The van der Waals surface area contributed by atoms with E-state index in [4.69, 9.17) is 11.6 Å². The molecular formula is C14H16ClF2N3O. The molecule has 0 aliphatic carbocycles. The summed E-state index contributed by atoms with van der Waals surface area (Å²) in [5, 5.41) is 0. The van der Waals surface area contributed by atoms with Crippen LogP contribution in [0.25, 0.3) is 11.0 Å². The van der Waals surface area contributed by atoms with Gasteiger partial charge in [0.2, 0.25) is 5.91 Å². The summed E-state index contributed by atoms with van der Waals surface area (Å²) in [5.74, 6) is -1.87. The van der Waals surface area contributed by atoms with Crippen LogP contribution in [0.1, 0.15) is 25.7 Å². The summed E-state index contributed by atoms with van der Waals surface area (Å²) in [5.41, 5.74) is 0.249. The van der Waals surface area contributed by atoms with E-state index in [9.17, 15) is 13.6 Å². The van der Waals surface area contributed by atoms with Gasteiger partial charge in [-0.3, -0.25) is 4.79 Å². The third kappa shape index (κ3) is 2.60. The molecule has 0 saturated heterocycles. The van der Waals surface area contributed by atoms with Gasteiger partial charge in [-0.05, 0) is 26.0 Å². The second kappa shape index (κ2) is 5.97. The Hall–Kier alpha value is -1.69. The SMILES string of the molecule is CCN(C)C(=O)C(C)n1c(CCl)nc2ccc(F)c(F)c21. The Bertz CT molecular complexity index is 686. The van der Waals surface area contributed by atoms with E-state index >= 15 is 0 Å². The third-order valence-corrected chi connectivity index (χ3v) is 3.77. The monoisotopic (exact) mass is 315 g/mol. The number of likely N-dealkylation sites (N-methyl/N-ethyl adjacent to an activating group) is 1. The average Bonchev–Trinajstić information content (AvgIpc) is 2.87. The number of amides is 1. The molecule has 0 radical (unpaired) electrons. The van der Waals surface area contributed by atoms with Crippen LogP contribution < -0.4 is 0 Å². The molecule has 1 aromatic heterocycles. The smallest absolute Gasteiger partial charge is 0.245 e. The molecule has 0 aliphatic rings. The van der Waals surface area contributed by atoms with E-state index in [0.29, 0.717) is 12.4 Å². The first kappa shape index (κ1) is 15.7. The van der Waals surface area contributed by atoms with E-state index in [1.165, 1.54) is 15.5 Å². The molecule has 2 aromatic rings. The van der Waals surface area contributed by atoms with Crippen molar-refractivity contribution in [2.75, 3.05) is 13.6 Å². The number of carbonyl (C=O) groups is 1. The molecule has 0 bridgehead atoms. The molecule has 1 atom stereocenters. The van der Waals surface area contributed by atoms with Crippen molar-refractivity contribution in [3.8, 4) is 0 Å². The first-order chi connectivity index (χ1) is 9.92. The van der Waals surface area contributed by atoms with Crippen LogP contribution >= 0.6 is 11.6 Å². The molecule has 2 rings (SSSR count). The summed E-state index contributed by atoms with van der Waals surface area (Å²) in [6.07, 6.45) is 0. The van der Waals surface area contributed by atoms with Gasteiger partial charge in [0, 0.05) is 13.6 Å². The summed E-state index contributed by atoms with van der Waals surface area (Å²) < 4.78 is 29.0. The lowest BCUT2D eigenvalue weighted by Crippen LogP contribution is -2.33. The van der Waals surface area contributed by atoms with E-state index in [2.05, 4.69) is 4.98 Å². The molecular weight excluding hydrogens is 300 g/mol. The van der Waals surface area contributed by atoms with Crippen molar-refractivity contribution in [2.45, 2.75) is 25.8 Å². The molecule has 1 aromatic carbocycles. The minimum absolute atomic E-state index is 0.00317. The molecule has 0 N–H and O–H groups in total. The molecule has 0 aliphatic heterocycles. The molecule has 114 valence electrons. The highest BCUT2D eigenvalue weighted by atomic mass is 35.5. The van der Waals surface area contributed by atoms with Crippen molar-refractivity contribution in [2.24, 2.45) is 0 Å². The largest absolute Gasteiger partial charge is 0.344 e. The summed E-state index contributed by atoms with van der Waals surface area (Å²) in [7, 11) is 1.65. The lowest BCUT2D eigenvalue weighted by molar-refractivity contribution is -0.132. The number of fused-ring (bicyclic) bond motifs is 1. The molecule has 4 nitrogen and oxygen atoms in total. The van der Waals surface area contributed by atoms with Crippen LogP contribution in [-0.2, 0) is 10.7 Å². The van der Waals surface area contributed by atoms with Crippen LogP contribution in [0.3, 0.4) is 0 Å². The van der Waals surface area contributed by atoms with Gasteiger partial charge in [0.1, 0.15) is 17.4 Å². The van der Waals surface area contributed by atoms with E-state index in [-0.39, 0.29) is 22.8 Å². The maximum atomic E-state index is 14.1. The minimum atomic E-state index is -1.02. The lowest BCUT2D eigenvalue weighted by atomic mass is 10.2. The minimum Gasteiger partial charge on any atom is -0.344 e. The van der Waals surface area contributed by atoms with Crippen LogP contribution in [0.5, 0.6) is 0 Å². The highest BCUT2D eigenvalue weighted by Crippen LogP contribution is 2.27. The third-order valence-electron chi connectivity index (χ3n) is 3.53. The normalized spacial score (nSPS) is 12.7. The Morgan fingerprint density at radius 3 is 2.71 bits per heavy atom. The maximum Gasteiger partial charge on any atom is 0.245 e. The van der Waals surface area contributed by atoms with Crippen LogP contribution in [-0.4, -0.2) is 34.0 Å². The zero-order valence-electron chi connectivity index (χ0n) is 12.0. The summed E-state index contributed by atoms with van der Waals surface area (Å²) >= 11 is 5.83. The zero-order valence-corrected chi connectivity index (χ0v) is 12.8. The number of halogens is 3. The number of nitrogens with zero attached hydrogens (tertiary/aromatic N) is 3. The molecule has 21 heavy (non-hydrogen) atoms. The Morgan fingerprint density at radius 2 is 2.14 bits per heavy atom. The fourth-order valence-electron chi connectivity index (χ4n) is 2.27. The predicted octanol–water partition coefficient (Wildman–Crippen LogP) is 3.09. The second-order valence-electron chi connectivity index (χ2n) is 4.79. The van der Waals surface area contributed by atoms with Gasteiger partial charge in [-0.2, -0.15) is 0 Å². The highest BCUT2D eigenvalue weighted by Gasteiger charge is 2.26. The van der Waals surface area contributed by atoms with E-state index < -0.39 is 17.7 Å². The number of aromatic nitrogens is 2. The maximum absolute atomic E-state index is 14.1. The van der Waals surface area contributed by atoms with Crippen LogP contribution in [0.15, 0.2) is 12.1 Å². The van der Waals surface area contributed by atoms with Crippen molar-refractivity contribution >= 4 is 28.5 Å². The van der Waals surface area contributed by atoms with Gasteiger partial charge in [0.25, 0.3) is 0 Å².